The van der Waals surface area contributed by atoms with Gasteiger partial charge >= 0.3 is 5.97 Å². The summed E-state index contributed by atoms with van der Waals surface area (Å²) in [7, 11) is 1.55. The Morgan fingerprint density at radius 1 is 1.19 bits per heavy atom. The second-order valence-electron chi connectivity index (χ2n) is 6.88. The van der Waals surface area contributed by atoms with Crippen LogP contribution in [0, 0.1) is 0 Å². The number of hydrogen-bond acceptors (Lipinski definition) is 5. The Morgan fingerprint density at radius 2 is 1.90 bits per heavy atom. The molecule has 0 radical (unpaired) electrons. The molecule has 1 aromatic carbocycles. The highest BCUT2D eigenvalue weighted by atomic mass is 16.5. The molecule has 0 fully saturated rings. The lowest BCUT2D eigenvalue weighted by molar-refractivity contribution is -0.138. The van der Waals surface area contributed by atoms with Crippen molar-refractivity contribution in [3.8, 4) is 5.75 Å². The molecule has 31 heavy (non-hydrogen) atoms. The summed E-state index contributed by atoms with van der Waals surface area (Å²) in [6.07, 6.45) is 8.59. The Bertz CT molecular complexity index is 1010. The van der Waals surface area contributed by atoms with E-state index in [0.29, 0.717) is 33.9 Å². The first-order valence-electron chi connectivity index (χ1n) is 9.75. The molecule has 1 aliphatic heterocycles. The molecule has 162 valence electrons. The maximum Gasteiger partial charge on any atom is 0.337 e. The highest BCUT2D eigenvalue weighted by Crippen LogP contribution is 2.39. The fourth-order valence-electron chi connectivity index (χ4n) is 3.46. The first kappa shape index (κ1) is 23.5. The molecule has 0 bridgehead atoms. The van der Waals surface area contributed by atoms with Crippen molar-refractivity contribution < 1.29 is 19.1 Å². The monoisotopic (exact) mass is 420 g/mol. The largest absolute Gasteiger partial charge is 0.497 e. The number of esters is 1. The maximum atomic E-state index is 13.1. The van der Waals surface area contributed by atoms with Crippen LogP contribution in [0.5, 0.6) is 5.75 Å². The molecular weight excluding hydrogens is 392 g/mol. The SMILES string of the molecule is C=C/C=C(C=C)/C=C/COC(=O)C1=C(C)NC(C)=C(C(N)=O)C1c1cccc(OC)c1. The zero-order valence-electron chi connectivity index (χ0n) is 18.1. The van der Waals surface area contributed by atoms with Crippen molar-refractivity contribution >= 4 is 11.9 Å². The van der Waals surface area contributed by atoms with Crippen molar-refractivity contribution in [1.82, 2.24) is 5.32 Å². The minimum Gasteiger partial charge on any atom is -0.497 e. The van der Waals surface area contributed by atoms with E-state index in [1.165, 1.54) is 0 Å². The summed E-state index contributed by atoms with van der Waals surface area (Å²) in [5.74, 6) is -1.21. The predicted octanol–water partition coefficient (Wildman–Crippen LogP) is 3.81. The van der Waals surface area contributed by atoms with Crippen molar-refractivity contribution in [3.05, 3.63) is 101 Å². The van der Waals surface area contributed by atoms with Gasteiger partial charge in [-0.05, 0) is 43.2 Å². The van der Waals surface area contributed by atoms with Crippen molar-refractivity contribution in [3.63, 3.8) is 0 Å². The molecular formula is C25H28N2O4. The lowest BCUT2D eigenvalue weighted by atomic mass is 9.80. The fourth-order valence-corrected chi connectivity index (χ4v) is 3.46. The van der Waals surface area contributed by atoms with Crippen LogP contribution in [0.2, 0.25) is 0 Å². The summed E-state index contributed by atoms with van der Waals surface area (Å²) >= 11 is 0. The van der Waals surface area contributed by atoms with Gasteiger partial charge < -0.3 is 20.5 Å². The van der Waals surface area contributed by atoms with Crippen molar-refractivity contribution in [1.29, 1.82) is 0 Å². The van der Waals surface area contributed by atoms with Gasteiger partial charge in [0.1, 0.15) is 12.4 Å². The Morgan fingerprint density at radius 3 is 2.52 bits per heavy atom. The van der Waals surface area contributed by atoms with E-state index in [2.05, 4.69) is 18.5 Å². The molecule has 6 nitrogen and oxygen atoms in total. The number of dihydropyridines is 1. The average Bonchev–Trinajstić information content (AvgIpc) is 2.74. The summed E-state index contributed by atoms with van der Waals surface area (Å²) in [4.78, 5) is 25.3. The first-order valence-corrected chi connectivity index (χ1v) is 9.75. The molecule has 2 rings (SSSR count). The number of nitrogens with one attached hydrogen (secondary N) is 1. The third kappa shape index (κ3) is 5.63. The lowest BCUT2D eigenvalue weighted by Gasteiger charge is -2.30. The molecule has 1 atom stereocenters. The molecule has 1 amide bonds. The number of allylic oxidation sites excluding steroid dienone is 7. The van der Waals surface area contributed by atoms with Crippen LogP contribution in [0.25, 0.3) is 0 Å². The number of carbonyl (C=O) groups excluding carboxylic acids is 2. The predicted molar refractivity (Wildman–Crippen MR) is 122 cm³/mol. The summed E-state index contributed by atoms with van der Waals surface area (Å²) in [5, 5.41) is 3.08. The molecule has 1 unspecified atom stereocenters. The van der Waals surface area contributed by atoms with E-state index in [0.717, 1.165) is 5.57 Å². The lowest BCUT2D eigenvalue weighted by Crippen LogP contribution is -2.34. The van der Waals surface area contributed by atoms with Crippen LogP contribution in [-0.2, 0) is 14.3 Å². The second-order valence-corrected chi connectivity index (χ2v) is 6.88. The molecule has 6 heteroatoms. The number of primary amides is 1. The molecule has 0 saturated heterocycles. The third-order valence-electron chi connectivity index (χ3n) is 4.84. The van der Waals surface area contributed by atoms with Gasteiger partial charge in [0.25, 0.3) is 0 Å². The summed E-state index contributed by atoms with van der Waals surface area (Å²) in [6, 6.07) is 7.20. The van der Waals surface area contributed by atoms with Gasteiger partial charge in [0, 0.05) is 17.0 Å². The number of carbonyl (C=O) groups is 2. The minimum absolute atomic E-state index is 0.0529. The number of nitrogens with two attached hydrogens (primary N) is 1. The molecule has 0 aromatic heterocycles. The molecule has 1 aromatic rings. The number of benzene rings is 1. The second kappa shape index (κ2) is 10.8. The zero-order chi connectivity index (χ0) is 23.0. The van der Waals surface area contributed by atoms with Crippen LogP contribution >= 0.6 is 0 Å². The smallest absolute Gasteiger partial charge is 0.337 e. The van der Waals surface area contributed by atoms with E-state index in [1.807, 2.05) is 6.07 Å². The molecule has 1 heterocycles. The van der Waals surface area contributed by atoms with E-state index >= 15 is 0 Å². The number of ether oxygens (including phenoxy) is 2. The average molecular weight is 421 g/mol. The van der Waals surface area contributed by atoms with Gasteiger partial charge in [0.15, 0.2) is 0 Å². The van der Waals surface area contributed by atoms with Gasteiger partial charge in [0.05, 0.1) is 18.6 Å². The van der Waals surface area contributed by atoms with Gasteiger partial charge in [-0.3, -0.25) is 4.79 Å². The van der Waals surface area contributed by atoms with Gasteiger partial charge in [-0.15, -0.1) is 0 Å². The van der Waals surface area contributed by atoms with Gasteiger partial charge in [-0.1, -0.05) is 49.6 Å². The Balaban J connectivity index is 2.39. The van der Waals surface area contributed by atoms with Gasteiger partial charge in [0.2, 0.25) is 5.91 Å². The molecule has 0 saturated carbocycles. The number of hydrogen-bond donors (Lipinski definition) is 2. The number of rotatable bonds is 9. The molecule has 0 aliphatic carbocycles. The highest BCUT2D eigenvalue weighted by Gasteiger charge is 2.36. The quantitative estimate of drug-likeness (QED) is 0.468. The van der Waals surface area contributed by atoms with E-state index in [1.54, 1.807) is 69.5 Å². The highest BCUT2D eigenvalue weighted by molar-refractivity contribution is 6.01. The maximum absolute atomic E-state index is 13.1. The molecule has 0 spiro atoms. The van der Waals surface area contributed by atoms with Gasteiger partial charge in [-0.25, -0.2) is 4.79 Å². The Hall–Kier alpha value is -3.80. The van der Waals surface area contributed by atoms with Gasteiger partial charge in [-0.2, -0.15) is 0 Å². The molecule has 1 aliphatic rings. The fraction of sp³-hybridized carbons (Fsp3) is 0.200. The van der Waals surface area contributed by atoms with Crippen molar-refractivity contribution in [2.75, 3.05) is 13.7 Å². The summed E-state index contributed by atoms with van der Waals surface area (Å²) < 4.78 is 10.8. The number of amides is 1. The third-order valence-corrected chi connectivity index (χ3v) is 4.84. The van der Waals surface area contributed by atoms with Crippen molar-refractivity contribution in [2.24, 2.45) is 5.73 Å². The Labute approximate surface area is 183 Å². The summed E-state index contributed by atoms with van der Waals surface area (Å²) in [6.45, 7) is 10.9. The topological polar surface area (TPSA) is 90.6 Å². The van der Waals surface area contributed by atoms with Crippen LogP contribution in [0.1, 0.15) is 25.3 Å². The minimum atomic E-state index is -0.672. The van der Waals surface area contributed by atoms with E-state index < -0.39 is 17.8 Å². The van der Waals surface area contributed by atoms with Crippen LogP contribution < -0.4 is 15.8 Å². The van der Waals surface area contributed by atoms with Crippen molar-refractivity contribution in [2.45, 2.75) is 19.8 Å². The van der Waals surface area contributed by atoms with Crippen LogP contribution in [0.4, 0.5) is 0 Å². The Kier molecular flexibility index (Phi) is 8.20. The van der Waals surface area contributed by atoms with E-state index in [-0.39, 0.29) is 6.61 Å². The van der Waals surface area contributed by atoms with Crippen LogP contribution in [-0.4, -0.2) is 25.6 Å². The molecule has 3 N–H and O–H groups in total. The standard InChI is InChI=1S/C25H28N2O4/c1-6-10-18(7-2)11-9-14-31-25(29)22-17(4)27-16(3)21(24(26)28)23(22)19-12-8-13-20(15-19)30-5/h6-13,15,23,27H,1-2,14H2,3-5H3,(H2,26,28)/b11-9+,18-10+. The number of methoxy groups -OCH3 is 1. The summed E-state index contributed by atoms with van der Waals surface area (Å²) in [5.41, 5.74) is 9.06. The van der Waals surface area contributed by atoms with E-state index in [4.69, 9.17) is 15.2 Å². The van der Waals surface area contributed by atoms with Crippen LogP contribution in [0.15, 0.2) is 95.9 Å². The normalized spacial score (nSPS) is 16.7. The first-order chi connectivity index (χ1) is 14.8. The van der Waals surface area contributed by atoms with Crippen LogP contribution in [0.3, 0.4) is 0 Å². The van der Waals surface area contributed by atoms with E-state index in [9.17, 15) is 9.59 Å². The zero-order valence-corrected chi connectivity index (χ0v) is 18.1.